The first-order valence-electron chi connectivity index (χ1n) is 7.63. The van der Waals surface area contributed by atoms with Crippen LogP contribution in [0.25, 0.3) is 0 Å². The van der Waals surface area contributed by atoms with Crippen LogP contribution in [-0.4, -0.2) is 23.3 Å². The summed E-state index contributed by atoms with van der Waals surface area (Å²) in [4.78, 5) is 23.8. The van der Waals surface area contributed by atoms with Crippen molar-refractivity contribution in [2.75, 3.05) is 6.54 Å². The molecule has 0 aliphatic rings. The molecule has 1 heterocycles. The van der Waals surface area contributed by atoms with Gasteiger partial charge in [0.15, 0.2) is 5.78 Å². The molecule has 0 bridgehead atoms. The van der Waals surface area contributed by atoms with Gasteiger partial charge in [-0.3, -0.25) is 9.59 Å². The minimum Gasteiger partial charge on any atom is -0.463 e. The van der Waals surface area contributed by atoms with E-state index in [4.69, 9.17) is 4.42 Å². The third-order valence-corrected chi connectivity index (χ3v) is 3.65. The second-order valence-corrected chi connectivity index (χ2v) is 5.89. The number of ketones is 1. The molecular formula is C18H20FNO4. The number of carbonyl (C=O) groups excluding carboxylic acids is 2. The predicted octanol–water partition coefficient (Wildman–Crippen LogP) is 2.71. The number of aliphatic hydroxyl groups is 1. The van der Waals surface area contributed by atoms with Crippen molar-refractivity contribution in [2.24, 2.45) is 0 Å². The maximum Gasteiger partial charge on any atom is 0.220 e. The van der Waals surface area contributed by atoms with Gasteiger partial charge < -0.3 is 14.8 Å². The van der Waals surface area contributed by atoms with Gasteiger partial charge in [0.1, 0.15) is 22.9 Å². The minimum absolute atomic E-state index is 0.0104. The summed E-state index contributed by atoms with van der Waals surface area (Å²) >= 11 is 0. The number of furan rings is 1. The fourth-order valence-corrected chi connectivity index (χ4v) is 2.18. The number of Topliss-reactive ketones (excluding diaryl/α,β-unsaturated/α-hetero) is 1. The molecule has 24 heavy (non-hydrogen) atoms. The Morgan fingerprint density at radius 1 is 1.17 bits per heavy atom. The van der Waals surface area contributed by atoms with E-state index in [0.29, 0.717) is 17.1 Å². The van der Waals surface area contributed by atoms with E-state index in [-0.39, 0.29) is 31.1 Å². The van der Waals surface area contributed by atoms with Crippen LogP contribution in [0.2, 0.25) is 0 Å². The van der Waals surface area contributed by atoms with Gasteiger partial charge in [-0.25, -0.2) is 4.39 Å². The predicted molar refractivity (Wildman–Crippen MR) is 86.0 cm³/mol. The average molecular weight is 333 g/mol. The molecule has 2 rings (SSSR count). The topological polar surface area (TPSA) is 79.5 Å². The molecule has 5 nitrogen and oxygen atoms in total. The molecule has 2 aromatic rings. The molecule has 1 aromatic carbocycles. The summed E-state index contributed by atoms with van der Waals surface area (Å²) in [5.74, 6) is 0.0245. The van der Waals surface area contributed by atoms with Crippen LogP contribution in [0.1, 0.15) is 41.6 Å². The Kier molecular flexibility index (Phi) is 5.51. The normalized spacial score (nSPS) is 13.3. The van der Waals surface area contributed by atoms with Gasteiger partial charge in [0.2, 0.25) is 5.91 Å². The van der Waals surface area contributed by atoms with Crippen LogP contribution in [0.15, 0.2) is 40.8 Å². The highest BCUT2D eigenvalue weighted by atomic mass is 19.1. The van der Waals surface area contributed by atoms with Crippen molar-refractivity contribution in [3.8, 4) is 0 Å². The minimum atomic E-state index is -1.33. The molecule has 6 heteroatoms. The van der Waals surface area contributed by atoms with E-state index in [1.54, 1.807) is 19.1 Å². The zero-order valence-electron chi connectivity index (χ0n) is 13.6. The number of halogens is 1. The zero-order chi connectivity index (χ0) is 17.7. The maximum absolute atomic E-state index is 12.8. The van der Waals surface area contributed by atoms with E-state index in [2.05, 4.69) is 5.32 Å². The fraction of sp³-hybridized carbons (Fsp3) is 0.333. The Hall–Kier alpha value is -2.47. The molecular weight excluding hydrogens is 313 g/mol. The Morgan fingerprint density at radius 2 is 1.83 bits per heavy atom. The lowest BCUT2D eigenvalue weighted by atomic mass is 10.0. The highest BCUT2D eigenvalue weighted by Crippen LogP contribution is 2.22. The number of hydrogen-bond donors (Lipinski definition) is 2. The van der Waals surface area contributed by atoms with E-state index in [0.717, 1.165) is 0 Å². The first kappa shape index (κ1) is 17.9. The van der Waals surface area contributed by atoms with Crippen molar-refractivity contribution in [2.45, 2.75) is 32.3 Å². The van der Waals surface area contributed by atoms with Gasteiger partial charge >= 0.3 is 0 Å². The van der Waals surface area contributed by atoms with Crippen LogP contribution in [0.3, 0.4) is 0 Å². The first-order chi connectivity index (χ1) is 11.3. The number of nitrogens with one attached hydrogen (secondary N) is 1. The van der Waals surface area contributed by atoms with Crippen LogP contribution >= 0.6 is 0 Å². The lowest BCUT2D eigenvalue weighted by Gasteiger charge is -2.21. The first-order valence-corrected chi connectivity index (χ1v) is 7.63. The third kappa shape index (κ3) is 4.76. The summed E-state index contributed by atoms with van der Waals surface area (Å²) in [7, 11) is 0. The SMILES string of the molecule is Cc1ccc(C(C)(O)CNC(=O)CCC(=O)c2ccc(F)cc2)o1. The highest BCUT2D eigenvalue weighted by molar-refractivity contribution is 5.97. The summed E-state index contributed by atoms with van der Waals surface area (Å²) in [6.07, 6.45) is 0.00292. The number of benzene rings is 1. The number of carbonyl (C=O) groups is 2. The molecule has 0 aliphatic heterocycles. The van der Waals surface area contributed by atoms with Gasteiger partial charge in [-0.15, -0.1) is 0 Å². The summed E-state index contributed by atoms with van der Waals surface area (Å²) < 4.78 is 18.2. The molecule has 1 aromatic heterocycles. The van der Waals surface area contributed by atoms with Crippen molar-refractivity contribution in [3.63, 3.8) is 0 Å². The average Bonchev–Trinajstić information content (AvgIpc) is 2.99. The monoisotopic (exact) mass is 333 g/mol. The lowest BCUT2D eigenvalue weighted by Crippen LogP contribution is -2.38. The number of amides is 1. The molecule has 0 radical (unpaired) electrons. The summed E-state index contributed by atoms with van der Waals surface area (Å²) in [5, 5.41) is 12.9. The molecule has 0 saturated heterocycles. The Bertz CT molecular complexity index is 719. The van der Waals surface area contributed by atoms with Crippen LogP contribution in [0.5, 0.6) is 0 Å². The zero-order valence-corrected chi connectivity index (χ0v) is 13.6. The largest absolute Gasteiger partial charge is 0.463 e. The van der Waals surface area contributed by atoms with Gasteiger partial charge in [-0.2, -0.15) is 0 Å². The van der Waals surface area contributed by atoms with Gasteiger partial charge in [0.25, 0.3) is 0 Å². The quantitative estimate of drug-likeness (QED) is 0.764. The van der Waals surface area contributed by atoms with Gasteiger partial charge in [-0.05, 0) is 50.2 Å². The van der Waals surface area contributed by atoms with Crippen LogP contribution in [0.4, 0.5) is 4.39 Å². The van der Waals surface area contributed by atoms with Gasteiger partial charge in [0.05, 0.1) is 6.54 Å². The molecule has 0 fully saturated rings. The third-order valence-electron chi connectivity index (χ3n) is 3.65. The number of rotatable bonds is 7. The second-order valence-electron chi connectivity index (χ2n) is 5.89. The van der Waals surface area contributed by atoms with E-state index >= 15 is 0 Å². The standard InChI is InChI=1S/C18H20FNO4/c1-12-3-9-16(24-12)18(2,23)11-20-17(22)10-8-15(21)13-4-6-14(19)7-5-13/h3-7,9,23H,8,10-11H2,1-2H3,(H,20,22). The van der Waals surface area contributed by atoms with E-state index in [1.807, 2.05) is 0 Å². The number of hydrogen-bond acceptors (Lipinski definition) is 4. The van der Waals surface area contributed by atoms with Crippen molar-refractivity contribution in [3.05, 3.63) is 59.3 Å². The fourth-order valence-electron chi connectivity index (χ4n) is 2.18. The van der Waals surface area contributed by atoms with Crippen molar-refractivity contribution >= 4 is 11.7 Å². The molecule has 1 atom stereocenters. The van der Waals surface area contributed by atoms with Crippen molar-refractivity contribution in [1.82, 2.24) is 5.32 Å². The van der Waals surface area contributed by atoms with E-state index < -0.39 is 11.4 Å². The van der Waals surface area contributed by atoms with Gasteiger partial charge in [0, 0.05) is 18.4 Å². The Balaban J connectivity index is 1.81. The van der Waals surface area contributed by atoms with Crippen LogP contribution in [0, 0.1) is 12.7 Å². The molecule has 0 aliphatic carbocycles. The summed E-state index contributed by atoms with van der Waals surface area (Å²) in [6.45, 7) is 3.28. The molecule has 128 valence electrons. The van der Waals surface area contributed by atoms with E-state index in [9.17, 15) is 19.1 Å². The molecule has 0 spiro atoms. The number of aryl methyl sites for hydroxylation is 1. The van der Waals surface area contributed by atoms with Crippen molar-refractivity contribution < 1.29 is 23.5 Å². The Labute approximate surface area is 139 Å². The Morgan fingerprint density at radius 3 is 2.42 bits per heavy atom. The molecule has 1 unspecified atom stereocenters. The maximum atomic E-state index is 12.8. The van der Waals surface area contributed by atoms with Gasteiger partial charge in [-0.1, -0.05) is 0 Å². The van der Waals surface area contributed by atoms with Crippen molar-refractivity contribution in [1.29, 1.82) is 0 Å². The van der Waals surface area contributed by atoms with Crippen LogP contribution in [-0.2, 0) is 10.4 Å². The lowest BCUT2D eigenvalue weighted by molar-refractivity contribution is -0.122. The summed E-state index contributed by atoms with van der Waals surface area (Å²) in [5.41, 5.74) is -0.965. The smallest absolute Gasteiger partial charge is 0.220 e. The molecule has 0 saturated carbocycles. The molecule has 2 N–H and O–H groups in total. The summed E-state index contributed by atoms with van der Waals surface area (Å²) in [6, 6.07) is 8.57. The van der Waals surface area contributed by atoms with E-state index in [1.165, 1.54) is 31.2 Å². The molecule has 1 amide bonds. The highest BCUT2D eigenvalue weighted by Gasteiger charge is 2.27. The second kappa shape index (κ2) is 7.40. The van der Waals surface area contributed by atoms with Crippen LogP contribution < -0.4 is 5.32 Å².